The van der Waals surface area contributed by atoms with Crippen LogP contribution in [0.4, 0.5) is 0 Å². The van der Waals surface area contributed by atoms with Gasteiger partial charge in [-0.25, -0.2) is 0 Å². The minimum atomic E-state index is -0.791. The lowest BCUT2D eigenvalue weighted by molar-refractivity contribution is -0.167. The molecule has 0 amide bonds. The molecule has 366 valence electrons. The second-order valence-electron chi connectivity index (χ2n) is 17.6. The van der Waals surface area contributed by atoms with Crippen LogP contribution in [0.2, 0.25) is 0 Å². The summed E-state index contributed by atoms with van der Waals surface area (Å²) in [4.78, 5) is 38.0. The summed E-state index contributed by atoms with van der Waals surface area (Å²) in [5.74, 6) is -0.932. The molecule has 6 heteroatoms. The van der Waals surface area contributed by atoms with Gasteiger partial charge in [0.15, 0.2) is 6.10 Å². The van der Waals surface area contributed by atoms with Crippen LogP contribution in [0.15, 0.2) is 85.1 Å². The maximum atomic E-state index is 12.8. The summed E-state index contributed by atoms with van der Waals surface area (Å²) in [6.45, 7) is 6.45. The molecular weight excluding hydrogens is 793 g/mol. The fourth-order valence-electron chi connectivity index (χ4n) is 7.37. The third-order valence-corrected chi connectivity index (χ3v) is 11.4. The number of carbonyl (C=O) groups is 3. The fraction of sp³-hybridized carbons (Fsp3) is 0.707. The Hall–Kier alpha value is -3.41. The molecule has 0 aliphatic rings. The van der Waals surface area contributed by atoms with E-state index in [1.54, 1.807) is 0 Å². The van der Waals surface area contributed by atoms with Gasteiger partial charge in [-0.3, -0.25) is 14.4 Å². The van der Waals surface area contributed by atoms with Crippen molar-refractivity contribution in [2.45, 2.75) is 252 Å². The normalized spacial score (nSPS) is 12.7. The van der Waals surface area contributed by atoms with Crippen molar-refractivity contribution in [2.75, 3.05) is 13.2 Å². The summed E-state index contributed by atoms with van der Waals surface area (Å²) in [7, 11) is 0. The minimum absolute atomic E-state index is 0.0888. The Morgan fingerprint density at radius 1 is 0.328 bits per heavy atom. The first-order valence-corrected chi connectivity index (χ1v) is 26.7. The van der Waals surface area contributed by atoms with Crippen molar-refractivity contribution < 1.29 is 28.6 Å². The SMILES string of the molecule is CC\C=C/C=C\C=C/C=C\C=C\C=C/C=C\CCCCCC(=O)OCC(COC(=O)CCCCCCCCCCCC)OC(=O)CCCCCCCCCCCCCCCCCCC. The zero-order chi connectivity index (χ0) is 46.5. The largest absolute Gasteiger partial charge is 0.462 e. The Bertz CT molecular complexity index is 1250. The van der Waals surface area contributed by atoms with Crippen molar-refractivity contribution in [3.8, 4) is 0 Å². The van der Waals surface area contributed by atoms with E-state index in [2.05, 4.69) is 32.9 Å². The highest BCUT2D eigenvalue weighted by atomic mass is 16.6. The summed E-state index contributed by atoms with van der Waals surface area (Å²) < 4.78 is 16.8. The molecule has 1 atom stereocenters. The maximum absolute atomic E-state index is 12.8. The van der Waals surface area contributed by atoms with Crippen LogP contribution < -0.4 is 0 Å². The van der Waals surface area contributed by atoms with Crippen molar-refractivity contribution in [2.24, 2.45) is 0 Å². The first kappa shape index (κ1) is 60.6. The summed E-state index contributed by atoms with van der Waals surface area (Å²) in [5, 5.41) is 0. The van der Waals surface area contributed by atoms with Crippen molar-refractivity contribution in [3.05, 3.63) is 85.1 Å². The van der Waals surface area contributed by atoms with Crippen LogP contribution in [0.25, 0.3) is 0 Å². The van der Waals surface area contributed by atoms with Crippen LogP contribution in [0.1, 0.15) is 245 Å². The standard InChI is InChI=1S/C58H98O6/c1-4-7-10-13-16-19-22-24-26-28-29-31-32-34-36-39-42-45-48-51-57(60)63-54-55(53-62-56(59)50-47-44-41-38-21-18-15-12-9-6-3)64-58(61)52-49-46-43-40-37-35-33-30-27-25-23-20-17-14-11-8-5-2/h7,10,13,16,19,22,24,26,28-29,31-32,34,36,55H,4-6,8-9,11-12,14-15,17-18,20-21,23,25,27,30,33,35,37-54H2,1-3H3/b10-7-,16-13-,22-19-,26-24-,29-28+,32-31-,36-34-. The number of esters is 3. The van der Waals surface area contributed by atoms with E-state index in [1.165, 1.54) is 135 Å². The Kier molecular flexibility index (Phi) is 49.4. The van der Waals surface area contributed by atoms with Gasteiger partial charge in [-0.2, -0.15) is 0 Å². The lowest BCUT2D eigenvalue weighted by Gasteiger charge is -2.18. The van der Waals surface area contributed by atoms with Crippen molar-refractivity contribution >= 4 is 17.9 Å². The molecule has 0 aliphatic carbocycles. The molecular formula is C58H98O6. The van der Waals surface area contributed by atoms with E-state index in [0.717, 1.165) is 70.6 Å². The van der Waals surface area contributed by atoms with Gasteiger partial charge < -0.3 is 14.2 Å². The zero-order valence-electron chi connectivity index (χ0n) is 41.8. The number of ether oxygens (including phenoxy) is 3. The highest BCUT2D eigenvalue weighted by Crippen LogP contribution is 2.16. The topological polar surface area (TPSA) is 78.9 Å². The van der Waals surface area contributed by atoms with E-state index < -0.39 is 6.10 Å². The number of allylic oxidation sites excluding steroid dienone is 14. The molecule has 0 saturated heterocycles. The molecule has 64 heavy (non-hydrogen) atoms. The highest BCUT2D eigenvalue weighted by molar-refractivity contribution is 5.71. The summed E-state index contributed by atoms with van der Waals surface area (Å²) in [6.07, 6.45) is 67.1. The van der Waals surface area contributed by atoms with Crippen LogP contribution in [-0.2, 0) is 28.6 Å². The third kappa shape index (κ3) is 49.6. The Morgan fingerprint density at radius 2 is 0.609 bits per heavy atom. The van der Waals surface area contributed by atoms with Crippen LogP contribution in [0.5, 0.6) is 0 Å². The number of rotatable bonds is 47. The van der Waals surface area contributed by atoms with Crippen molar-refractivity contribution in [1.82, 2.24) is 0 Å². The third-order valence-electron chi connectivity index (χ3n) is 11.4. The molecule has 1 unspecified atom stereocenters. The quantitative estimate of drug-likeness (QED) is 0.0262. The minimum Gasteiger partial charge on any atom is -0.462 e. The second kappa shape index (κ2) is 52.2. The van der Waals surface area contributed by atoms with Crippen LogP contribution in [0, 0.1) is 0 Å². The molecule has 0 aromatic rings. The predicted octanol–water partition coefficient (Wildman–Crippen LogP) is 17.6. The average molecular weight is 891 g/mol. The number of hydrogen-bond donors (Lipinski definition) is 0. The summed E-state index contributed by atoms with van der Waals surface area (Å²) in [6, 6.07) is 0. The summed E-state index contributed by atoms with van der Waals surface area (Å²) in [5.41, 5.74) is 0. The van der Waals surface area contributed by atoms with Crippen LogP contribution in [-0.4, -0.2) is 37.2 Å². The van der Waals surface area contributed by atoms with Gasteiger partial charge in [0.05, 0.1) is 0 Å². The van der Waals surface area contributed by atoms with Crippen molar-refractivity contribution in [3.63, 3.8) is 0 Å². The maximum Gasteiger partial charge on any atom is 0.306 e. The molecule has 0 spiro atoms. The monoisotopic (exact) mass is 891 g/mol. The zero-order valence-corrected chi connectivity index (χ0v) is 41.8. The first-order valence-electron chi connectivity index (χ1n) is 26.7. The lowest BCUT2D eigenvalue weighted by atomic mass is 10.0. The van der Waals surface area contributed by atoms with E-state index in [4.69, 9.17) is 14.2 Å². The van der Waals surface area contributed by atoms with Gasteiger partial charge in [0.2, 0.25) is 0 Å². The Balaban J connectivity index is 4.43. The van der Waals surface area contributed by atoms with Gasteiger partial charge >= 0.3 is 17.9 Å². The molecule has 0 aromatic heterocycles. The van der Waals surface area contributed by atoms with Crippen LogP contribution >= 0.6 is 0 Å². The second-order valence-corrected chi connectivity index (χ2v) is 17.6. The van der Waals surface area contributed by atoms with E-state index in [-0.39, 0.29) is 31.1 Å². The molecule has 0 saturated carbocycles. The van der Waals surface area contributed by atoms with E-state index in [1.807, 2.05) is 72.9 Å². The highest BCUT2D eigenvalue weighted by Gasteiger charge is 2.19. The smallest absolute Gasteiger partial charge is 0.306 e. The molecule has 0 fully saturated rings. The number of unbranched alkanes of at least 4 members (excludes halogenated alkanes) is 28. The lowest BCUT2D eigenvalue weighted by Crippen LogP contribution is -2.30. The van der Waals surface area contributed by atoms with E-state index in [0.29, 0.717) is 19.3 Å². The van der Waals surface area contributed by atoms with E-state index >= 15 is 0 Å². The number of hydrogen-bond acceptors (Lipinski definition) is 6. The first-order chi connectivity index (χ1) is 31.5. The molecule has 0 radical (unpaired) electrons. The summed E-state index contributed by atoms with van der Waals surface area (Å²) >= 11 is 0. The van der Waals surface area contributed by atoms with Gasteiger partial charge in [-0.1, -0.05) is 273 Å². The molecule has 0 N–H and O–H groups in total. The fourth-order valence-corrected chi connectivity index (χ4v) is 7.37. The van der Waals surface area contributed by atoms with Gasteiger partial charge in [-0.15, -0.1) is 0 Å². The average Bonchev–Trinajstić information content (AvgIpc) is 3.29. The van der Waals surface area contributed by atoms with Crippen molar-refractivity contribution in [1.29, 1.82) is 0 Å². The van der Waals surface area contributed by atoms with E-state index in [9.17, 15) is 14.4 Å². The predicted molar refractivity (Wildman–Crippen MR) is 274 cm³/mol. The Morgan fingerprint density at radius 3 is 0.953 bits per heavy atom. The molecule has 0 bridgehead atoms. The Labute approximate surface area is 395 Å². The molecule has 0 rings (SSSR count). The van der Waals surface area contributed by atoms with Gasteiger partial charge in [0.25, 0.3) is 0 Å². The molecule has 0 heterocycles. The molecule has 6 nitrogen and oxygen atoms in total. The van der Waals surface area contributed by atoms with Gasteiger partial charge in [0, 0.05) is 19.3 Å². The van der Waals surface area contributed by atoms with Crippen LogP contribution in [0.3, 0.4) is 0 Å². The molecule has 0 aromatic carbocycles. The van der Waals surface area contributed by atoms with Gasteiger partial charge in [-0.05, 0) is 38.5 Å². The number of carbonyl (C=O) groups excluding carboxylic acids is 3. The van der Waals surface area contributed by atoms with Gasteiger partial charge in [0.1, 0.15) is 13.2 Å². The molecule has 0 aliphatic heterocycles.